The normalized spacial score (nSPS) is 20.9. The quantitative estimate of drug-likeness (QED) is 0.640. The summed E-state index contributed by atoms with van der Waals surface area (Å²) >= 11 is 0. The Hall–Kier alpha value is -1.10. The van der Waals surface area contributed by atoms with Gasteiger partial charge in [-0.2, -0.15) is 0 Å². The molecule has 1 aliphatic heterocycles. The minimum Gasteiger partial charge on any atom is -0.369 e. The van der Waals surface area contributed by atoms with Crippen LogP contribution < -0.4 is 16.4 Å². The smallest absolute Gasteiger partial charge is 0.224 e. The van der Waals surface area contributed by atoms with Crippen molar-refractivity contribution in [2.24, 2.45) is 11.1 Å². The van der Waals surface area contributed by atoms with Gasteiger partial charge in [-0.3, -0.25) is 9.59 Å². The lowest BCUT2D eigenvalue weighted by Crippen LogP contribution is -2.44. The van der Waals surface area contributed by atoms with Crippen LogP contribution in [-0.2, 0) is 9.59 Å². The third-order valence-corrected chi connectivity index (χ3v) is 3.24. The van der Waals surface area contributed by atoms with E-state index in [4.69, 9.17) is 5.73 Å². The molecule has 1 unspecified atom stereocenters. The van der Waals surface area contributed by atoms with E-state index in [1.165, 1.54) is 12.8 Å². The van der Waals surface area contributed by atoms with E-state index >= 15 is 0 Å². The molecule has 4 N–H and O–H groups in total. The number of carbonyl (C=O) groups is 2. The lowest BCUT2D eigenvalue weighted by Gasteiger charge is -2.24. The topological polar surface area (TPSA) is 84.2 Å². The van der Waals surface area contributed by atoms with E-state index in [9.17, 15) is 9.59 Å². The van der Waals surface area contributed by atoms with Crippen molar-refractivity contribution in [2.45, 2.75) is 45.6 Å². The third kappa shape index (κ3) is 4.73. The van der Waals surface area contributed by atoms with Crippen molar-refractivity contribution in [1.29, 1.82) is 0 Å². The summed E-state index contributed by atoms with van der Waals surface area (Å²) in [5.74, 6) is -0.410. The minimum absolute atomic E-state index is 0.0151. The predicted molar refractivity (Wildman–Crippen MR) is 66.2 cm³/mol. The Kier molecular flexibility index (Phi) is 4.93. The molecule has 0 aliphatic carbocycles. The summed E-state index contributed by atoms with van der Waals surface area (Å²) in [7, 11) is 0. The van der Waals surface area contributed by atoms with Gasteiger partial charge in [-0.1, -0.05) is 6.42 Å². The molecule has 1 fully saturated rings. The van der Waals surface area contributed by atoms with Crippen LogP contribution in [0.4, 0.5) is 0 Å². The van der Waals surface area contributed by atoms with E-state index in [0.29, 0.717) is 13.0 Å². The molecule has 0 aromatic rings. The Balaban J connectivity index is 2.27. The van der Waals surface area contributed by atoms with Gasteiger partial charge in [0.1, 0.15) is 0 Å². The van der Waals surface area contributed by atoms with E-state index in [-0.39, 0.29) is 11.9 Å². The third-order valence-electron chi connectivity index (χ3n) is 3.24. The van der Waals surface area contributed by atoms with E-state index in [1.807, 2.05) is 0 Å². The summed E-state index contributed by atoms with van der Waals surface area (Å²) in [6.07, 6.45) is 3.89. The number of hydrogen-bond donors (Lipinski definition) is 3. The molecule has 1 heterocycles. The second-order valence-corrected chi connectivity index (χ2v) is 5.38. The van der Waals surface area contributed by atoms with Crippen LogP contribution in [0.5, 0.6) is 0 Å². The molecule has 0 aromatic heterocycles. The maximum absolute atomic E-state index is 11.7. The molecule has 0 saturated carbocycles. The van der Waals surface area contributed by atoms with Gasteiger partial charge >= 0.3 is 0 Å². The molecular weight excluding hydrogens is 218 g/mol. The number of hydrogen-bond acceptors (Lipinski definition) is 3. The Morgan fingerprint density at radius 3 is 2.65 bits per heavy atom. The highest BCUT2D eigenvalue weighted by Crippen LogP contribution is 2.13. The summed E-state index contributed by atoms with van der Waals surface area (Å²) in [5, 5.41) is 6.09. The van der Waals surface area contributed by atoms with Gasteiger partial charge in [-0.05, 0) is 33.2 Å². The van der Waals surface area contributed by atoms with Crippen LogP contribution in [0.15, 0.2) is 0 Å². The minimum atomic E-state index is -0.685. The second-order valence-electron chi connectivity index (χ2n) is 5.38. The molecule has 0 radical (unpaired) electrons. The van der Waals surface area contributed by atoms with Gasteiger partial charge in [-0.25, -0.2) is 0 Å². The fourth-order valence-corrected chi connectivity index (χ4v) is 1.80. The van der Waals surface area contributed by atoms with Gasteiger partial charge in [0, 0.05) is 19.0 Å². The molecule has 1 atom stereocenters. The van der Waals surface area contributed by atoms with Gasteiger partial charge < -0.3 is 16.4 Å². The van der Waals surface area contributed by atoms with Crippen LogP contribution in [0, 0.1) is 5.41 Å². The highest BCUT2D eigenvalue weighted by molar-refractivity contribution is 5.82. The van der Waals surface area contributed by atoms with Gasteiger partial charge in [0.2, 0.25) is 11.8 Å². The molecule has 5 nitrogen and oxygen atoms in total. The SMILES string of the molecule is CC(C)(CNC(=O)CC1CCCCN1)C(N)=O. The molecule has 2 amide bonds. The lowest BCUT2D eigenvalue weighted by molar-refractivity contribution is -0.127. The zero-order chi connectivity index (χ0) is 12.9. The highest BCUT2D eigenvalue weighted by atomic mass is 16.2. The second kappa shape index (κ2) is 6.00. The summed E-state index contributed by atoms with van der Waals surface area (Å²) in [5.41, 5.74) is 4.55. The first-order valence-corrected chi connectivity index (χ1v) is 6.22. The molecule has 98 valence electrons. The molecule has 1 saturated heterocycles. The first kappa shape index (κ1) is 14.0. The fourth-order valence-electron chi connectivity index (χ4n) is 1.80. The molecule has 1 aliphatic rings. The van der Waals surface area contributed by atoms with E-state index in [2.05, 4.69) is 10.6 Å². The summed E-state index contributed by atoms with van der Waals surface area (Å²) in [4.78, 5) is 22.8. The number of amides is 2. The number of rotatable bonds is 5. The zero-order valence-electron chi connectivity index (χ0n) is 10.7. The van der Waals surface area contributed by atoms with Gasteiger partial charge in [-0.15, -0.1) is 0 Å². The van der Waals surface area contributed by atoms with Gasteiger partial charge in [0.15, 0.2) is 0 Å². The Morgan fingerprint density at radius 2 is 2.12 bits per heavy atom. The Labute approximate surface area is 103 Å². The monoisotopic (exact) mass is 241 g/mol. The Bertz CT molecular complexity index is 283. The number of nitrogens with one attached hydrogen (secondary N) is 2. The van der Waals surface area contributed by atoms with Gasteiger partial charge in [0.25, 0.3) is 0 Å². The van der Waals surface area contributed by atoms with Crippen molar-refractivity contribution in [3.63, 3.8) is 0 Å². The van der Waals surface area contributed by atoms with Crippen LogP contribution in [-0.4, -0.2) is 30.9 Å². The number of carbonyl (C=O) groups excluding carboxylic acids is 2. The van der Waals surface area contributed by atoms with Crippen LogP contribution in [0.2, 0.25) is 0 Å². The average molecular weight is 241 g/mol. The number of primary amides is 1. The average Bonchev–Trinajstić information content (AvgIpc) is 2.28. The maximum Gasteiger partial charge on any atom is 0.224 e. The molecule has 5 heteroatoms. The highest BCUT2D eigenvalue weighted by Gasteiger charge is 2.26. The lowest BCUT2D eigenvalue weighted by atomic mass is 9.92. The van der Waals surface area contributed by atoms with E-state index in [0.717, 1.165) is 13.0 Å². The molecule has 0 aromatic carbocycles. The van der Waals surface area contributed by atoms with Crippen molar-refractivity contribution in [3.8, 4) is 0 Å². The van der Waals surface area contributed by atoms with E-state index < -0.39 is 11.3 Å². The van der Waals surface area contributed by atoms with Crippen molar-refractivity contribution in [2.75, 3.05) is 13.1 Å². The molecule has 0 bridgehead atoms. The fraction of sp³-hybridized carbons (Fsp3) is 0.833. The summed E-state index contributed by atoms with van der Waals surface area (Å²) < 4.78 is 0. The summed E-state index contributed by atoms with van der Waals surface area (Å²) in [6, 6.07) is 0.278. The van der Waals surface area contributed by atoms with Crippen LogP contribution in [0.3, 0.4) is 0 Å². The van der Waals surface area contributed by atoms with Crippen LogP contribution in [0.25, 0.3) is 0 Å². The molecule has 1 rings (SSSR count). The van der Waals surface area contributed by atoms with Crippen LogP contribution >= 0.6 is 0 Å². The predicted octanol–water partition coefficient (Wildman–Crippen LogP) is 0.146. The van der Waals surface area contributed by atoms with Crippen molar-refractivity contribution >= 4 is 11.8 Å². The largest absolute Gasteiger partial charge is 0.369 e. The molecule has 0 spiro atoms. The van der Waals surface area contributed by atoms with Crippen molar-refractivity contribution < 1.29 is 9.59 Å². The maximum atomic E-state index is 11.7. The van der Waals surface area contributed by atoms with Gasteiger partial charge in [0.05, 0.1) is 5.41 Å². The first-order chi connectivity index (χ1) is 7.92. The first-order valence-electron chi connectivity index (χ1n) is 6.22. The molecular formula is C12H23N3O2. The van der Waals surface area contributed by atoms with E-state index in [1.54, 1.807) is 13.8 Å². The molecule has 17 heavy (non-hydrogen) atoms. The van der Waals surface area contributed by atoms with Crippen molar-refractivity contribution in [1.82, 2.24) is 10.6 Å². The van der Waals surface area contributed by atoms with Crippen LogP contribution in [0.1, 0.15) is 39.5 Å². The Morgan fingerprint density at radius 1 is 1.41 bits per heavy atom. The summed E-state index contributed by atoms with van der Waals surface area (Å²) in [6.45, 7) is 4.75. The zero-order valence-corrected chi connectivity index (χ0v) is 10.7. The van der Waals surface area contributed by atoms with Crippen molar-refractivity contribution in [3.05, 3.63) is 0 Å². The number of nitrogens with two attached hydrogens (primary N) is 1. The number of piperidine rings is 1. The standard InChI is InChI=1S/C12H23N3O2/c1-12(2,11(13)17)8-15-10(16)7-9-5-3-4-6-14-9/h9,14H,3-8H2,1-2H3,(H2,13,17)(H,15,16).